The van der Waals surface area contributed by atoms with Crippen LogP contribution < -0.4 is 9.62 Å². The Bertz CT molecular complexity index is 2260. The summed E-state index contributed by atoms with van der Waals surface area (Å²) in [6.07, 6.45) is 3.31. The van der Waals surface area contributed by atoms with Gasteiger partial charge in [0, 0.05) is 43.4 Å². The van der Waals surface area contributed by atoms with E-state index in [-0.39, 0.29) is 45.4 Å². The van der Waals surface area contributed by atoms with Gasteiger partial charge in [0.2, 0.25) is 15.7 Å². The highest BCUT2D eigenvalue weighted by Gasteiger charge is 2.29. The molecule has 1 N–H and O–H groups in total. The number of sulfonamides is 1. The molecule has 0 saturated heterocycles. The van der Waals surface area contributed by atoms with Crippen LogP contribution in [0, 0.1) is 11.6 Å². The maximum Gasteiger partial charge on any atom is 0.255 e. The normalized spacial score (nSPS) is 12.8. The summed E-state index contributed by atoms with van der Waals surface area (Å²) in [6, 6.07) is 13.7. The summed E-state index contributed by atoms with van der Waals surface area (Å²) < 4.78 is 62.9. The lowest BCUT2D eigenvalue weighted by Gasteiger charge is -2.21. The number of hydrogen-bond acceptors (Lipinski definition) is 7. The van der Waals surface area contributed by atoms with E-state index in [1.54, 1.807) is 24.4 Å². The van der Waals surface area contributed by atoms with Gasteiger partial charge in [0.15, 0.2) is 11.6 Å². The van der Waals surface area contributed by atoms with Crippen molar-refractivity contribution in [3.63, 3.8) is 0 Å². The SMILES string of the molecule is CNC(=O)c1c(-c2ccc(F)cc2)oc2nc(N(C)S(C)(=O)=O)c(-c3ncc4c(n3)-c3cc5c(F)cccc5n3CC4)cc12. The van der Waals surface area contributed by atoms with Crippen molar-refractivity contribution in [3.8, 4) is 34.1 Å². The fraction of sp³-hybridized carbons (Fsp3) is 0.161. The molecule has 1 amide bonds. The number of halogens is 2. The Balaban J connectivity index is 1.50. The fourth-order valence-electron chi connectivity index (χ4n) is 5.59. The fourth-order valence-corrected chi connectivity index (χ4v) is 6.04. The van der Waals surface area contributed by atoms with E-state index in [1.165, 1.54) is 44.4 Å². The van der Waals surface area contributed by atoms with Gasteiger partial charge in [-0.05, 0) is 55.0 Å². The Labute approximate surface area is 250 Å². The van der Waals surface area contributed by atoms with Crippen molar-refractivity contribution >= 4 is 43.8 Å². The first-order chi connectivity index (χ1) is 21.0. The van der Waals surface area contributed by atoms with Crippen molar-refractivity contribution in [1.82, 2.24) is 24.8 Å². The van der Waals surface area contributed by atoms with E-state index < -0.39 is 21.7 Å². The van der Waals surface area contributed by atoms with Crippen LogP contribution in [-0.4, -0.2) is 54.2 Å². The van der Waals surface area contributed by atoms with Crippen LogP contribution in [-0.2, 0) is 23.0 Å². The van der Waals surface area contributed by atoms with Crippen molar-refractivity contribution in [2.75, 3.05) is 24.7 Å². The van der Waals surface area contributed by atoms with Gasteiger partial charge in [0.25, 0.3) is 5.91 Å². The third-order valence-corrected chi connectivity index (χ3v) is 9.03. The first-order valence-corrected chi connectivity index (χ1v) is 15.4. The molecule has 7 rings (SSSR count). The predicted molar refractivity (Wildman–Crippen MR) is 162 cm³/mol. The molecule has 0 unspecified atom stereocenters. The maximum absolute atomic E-state index is 14.7. The van der Waals surface area contributed by atoms with E-state index in [1.807, 2.05) is 10.6 Å². The zero-order valence-electron chi connectivity index (χ0n) is 23.7. The van der Waals surface area contributed by atoms with Gasteiger partial charge in [-0.25, -0.2) is 27.2 Å². The van der Waals surface area contributed by atoms with E-state index in [4.69, 9.17) is 9.40 Å². The number of nitrogens with one attached hydrogen (secondary N) is 1. The number of furan rings is 1. The van der Waals surface area contributed by atoms with Gasteiger partial charge in [0.1, 0.15) is 17.4 Å². The minimum atomic E-state index is -3.82. The van der Waals surface area contributed by atoms with Gasteiger partial charge < -0.3 is 14.3 Å². The van der Waals surface area contributed by atoms with E-state index in [0.29, 0.717) is 35.3 Å². The summed E-state index contributed by atoms with van der Waals surface area (Å²) in [5.41, 5.74) is 3.65. The molecule has 5 heterocycles. The molecule has 13 heteroatoms. The van der Waals surface area contributed by atoms with E-state index >= 15 is 0 Å². The zero-order valence-corrected chi connectivity index (χ0v) is 24.5. The first kappa shape index (κ1) is 27.7. The van der Waals surface area contributed by atoms with Crippen molar-refractivity contribution in [3.05, 3.63) is 83.6 Å². The molecule has 10 nitrogen and oxygen atoms in total. The molecule has 0 saturated carbocycles. The van der Waals surface area contributed by atoms with Crippen LogP contribution in [0.15, 0.2) is 65.2 Å². The van der Waals surface area contributed by atoms with Crippen molar-refractivity contribution in [1.29, 1.82) is 0 Å². The standard InChI is InChI=1S/C31H24F2N6O4S/c1-34-30(40)25-20-13-21(29(38(2)44(3,41)42)37-31(20)43-27(25)16-7-9-18(32)10-8-16)28-35-15-17-11-12-39-23-6-4-5-22(33)19(23)14-24(39)26(17)36-28/h4-10,13-15H,11-12H2,1-3H3,(H,34,40). The number of benzene rings is 2. The highest BCUT2D eigenvalue weighted by Crippen LogP contribution is 2.40. The number of pyridine rings is 1. The second-order valence-corrected chi connectivity index (χ2v) is 12.5. The van der Waals surface area contributed by atoms with Crippen LogP contribution in [0.2, 0.25) is 0 Å². The number of nitrogens with zero attached hydrogens (tertiary/aromatic N) is 5. The predicted octanol–water partition coefficient (Wildman–Crippen LogP) is 5.16. The molecule has 222 valence electrons. The van der Waals surface area contributed by atoms with Gasteiger partial charge in [0.05, 0.1) is 39.7 Å². The van der Waals surface area contributed by atoms with E-state index in [0.717, 1.165) is 21.6 Å². The quantitative estimate of drug-likeness (QED) is 0.285. The molecule has 1 aliphatic heterocycles. The minimum absolute atomic E-state index is 0.00858. The molecule has 0 aliphatic carbocycles. The van der Waals surface area contributed by atoms with Crippen molar-refractivity contribution in [2.45, 2.75) is 13.0 Å². The molecule has 0 spiro atoms. The lowest BCUT2D eigenvalue weighted by molar-refractivity contribution is 0.0964. The zero-order chi connectivity index (χ0) is 30.9. The van der Waals surface area contributed by atoms with Gasteiger partial charge in [-0.2, -0.15) is 4.98 Å². The number of hydrogen-bond donors (Lipinski definition) is 1. The molecule has 4 aromatic heterocycles. The highest BCUT2D eigenvalue weighted by atomic mass is 32.2. The van der Waals surface area contributed by atoms with Crippen molar-refractivity contribution < 1.29 is 26.4 Å². The van der Waals surface area contributed by atoms with Gasteiger partial charge in [-0.1, -0.05) is 6.07 Å². The maximum atomic E-state index is 14.7. The van der Waals surface area contributed by atoms with E-state index in [2.05, 4.69) is 15.3 Å². The third-order valence-electron chi connectivity index (χ3n) is 7.86. The Morgan fingerprint density at radius 2 is 1.84 bits per heavy atom. The summed E-state index contributed by atoms with van der Waals surface area (Å²) in [6.45, 7) is 0.615. The molecular formula is C31H24F2N6O4S. The number of aryl methyl sites for hydroxylation is 2. The van der Waals surface area contributed by atoms with Gasteiger partial charge in [-0.3, -0.25) is 9.10 Å². The molecule has 0 fully saturated rings. The highest BCUT2D eigenvalue weighted by molar-refractivity contribution is 7.92. The second kappa shape index (κ2) is 9.95. The molecule has 0 atom stereocenters. The lowest BCUT2D eigenvalue weighted by atomic mass is 10.0. The van der Waals surface area contributed by atoms with Crippen molar-refractivity contribution in [2.24, 2.45) is 0 Å². The number of fused-ring (bicyclic) bond motifs is 6. The summed E-state index contributed by atoms with van der Waals surface area (Å²) in [5.74, 6) is -1.03. The molecule has 0 radical (unpaired) electrons. The smallest absolute Gasteiger partial charge is 0.255 e. The summed E-state index contributed by atoms with van der Waals surface area (Å²) >= 11 is 0. The monoisotopic (exact) mass is 614 g/mol. The molecule has 44 heavy (non-hydrogen) atoms. The number of carbonyl (C=O) groups excluding carboxylic acids is 1. The number of carbonyl (C=O) groups is 1. The summed E-state index contributed by atoms with van der Waals surface area (Å²) in [4.78, 5) is 27.2. The summed E-state index contributed by atoms with van der Waals surface area (Å²) in [5, 5.41) is 3.35. The Morgan fingerprint density at radius 1 is 1.07 bits per heavy atom. The molecule has 1 aliphatic rings. The van der Waals surface area contributed by atoms with Gasteiger partial charge >= 0.3 is 0 Å². The average molecular weight is 615 g/mol. The molecular weight excluding hydrogens is 590 g/mol. The third kappa shape index (κ3) is 4.30. The van der Waals surface area contributed by atoms with E-state index in [9.17, 15) is 22.0 Å². The van der Waals surface area contributed by atoms with Crippen LogP contribution in [0.3, 0.4) is 0 Å². The second-order valence-electron chi connectivity index (χ2n) is 10.5. The Morgan fingerprint density at radius 3 is 2.57 bits per heavy atom. The largest absolute Gasteiger partial charge is 0.437 e. The Kier molecular flexibility index (Phi) is 6.25. The summed E-state index contributed by atoms with van der Waals surface area (Å²) in [7, 11) is -1.01. The number of anilines is 1. The molecule has 0 bridgehead atoms. The number of rotatable bonds is 5. The lowest BCUT2D eigenvalue weighted by Crippen LogP contribution is -2.26. The van der Waals surface area contributed by atoms with Gasteiger partial charge in [-0.15, -0.1) is 0 Å². The molecule has 6 aromatic rings. The minimum Gasteiger partial charge on any atom is -0.437 e. The van der Waals surface area contributed by atoms with Crippen LogP contribution in [0.4, 0.5) is 14.6 Å². The Hall–Kier alpha value is -5.17. The van der Waals surface area contributed by atoms with Crippen LogP contribution >= 0.6 is 0 Å². The average Bonchev–Trinajstić information content (AvgIpc) is 3.59. The van der Waals surface area contributed by atoms with Crippen LogP contribution in [0.25, 0.3) is 56.1 Å². The first-order valence-electron chi connectivity index (χ1n) is 13.6. The molecule has 2 aromatic carbocycles. The van der Waals surface area contributed by atoms with Crippen LogP contribution in [0.5, 0.6) is 0 Å². The topological polar surface area (TPSA) is 123 Å². The number of aromatic nitrogens is 4. The van der Waals surface area contributed by atoms with Crippen LogP contribution in [0.1, 0.15) is 15.9 Å². The number of amides is 1.